The molecule has 1 unspecified atom stereocenters. The van der Waals surface area contributed by atoms with Crippen molar-refractivity contribution in [2.45, 2.75) is 12.5 Å². The summed E-state index contributed by atoms with van der Waals surface area (Å²) in [6.45, 7) is 0. The van der Waals surface area contributed by atoms with Gasteiger partial charge in [0.25, 0.3) is 6.43 Å². The fourth-order valence-electron chi connectivity index (χ4n) is 1.09. The lowest BCUT2D eigenvalue weighted by molar-refractivity contribution is -0.00715. The highest BCUT2D eigenvalue weighted by Gasteiger charge is 2.23. The van der Waals surface area contributed by atoms with Crippen molar-refractivity contribution >= 4 is 0 Å². The maximum Gasteiger partial charge on any atom is 0.268 e. The van der Waals surface area contributed by atoms with E-state index in [1.807, 2.05) is 0 Å². The Bertz CT molecular complexity index is 333. The summed E-state index contributed by atoms with van der Waals surface area (Å²) in [5.74, 6) is 0.245. The zero-order valence-electron chi connectivity index (χ0n) is 8.28. The van der Waals surface area contributed by atoms with Gasteiger partial charge in [0.1, 0.15) is 11.9 Å². The average Bonchev–Trinajstić information content (AvgIpc) is 2.27. The predicted molar refractivity (Wildman–Crippen MR) is 48.3 cm³/mol. The largest absolute Gasteiger partial charge is 0.495 e. The third-order valence-electron chi connectivity index (χ3n) is 1.86. The van der Waals surface area contributed by atoms with E-state index in [2.05, 4.69) is 4.98 Å². The van der Waals surface area contributed by atoms with Gasteiger partial charge in [0.2, 0.25) is 5.88 Å². The summed E-state index contributed by atoms with van der Waals surface area (Å²) in [7, 11) is 2.67. The van der Waals surface area contributed by atoms with Crippen LogP contribution in [-0.4, -0.2) is 30.7 Å². The number of halogens is 2. The smallest absolute Gasteiger partial charge is 0.268 e. The van der Waals surface area contributed by atoms with Crippen LogP contribution in [0.5, 0.6) is 11.6 Å². The molecular formula is C9H11F2NO3. The second-order valence-electron chi connectivity index (χ2n) is 2.75. The van der Waals surface area contributed by atoms with Crippen LogP contribution in [0, 0.1) is 0 Å². The Kier molecular flexibility index (Phi) is 3.79. The topological polar surface area (TPSA) is 51.6 Å². The number of aliphatic hydroxyl groups is 1. The maximum absolute atomic E-state index is 12.3. The highest BCUT2D eigenvalue weighted by atomic mass is 19.3. The van der Waals surface area contributed by atoms with E-state index in [9.17, 15) is 13.9 Å². The second-order valence-corrected chi connectivity index (χ2v) is 2.75. The van der Waals surface area contributed by atoms with Crippen LogP contribution < -0.4 is 9.47 Å². The van der Waals surface area contributed by atoms with Crippen LogP contribution in [0.1, 0.15) is 11.7 Å². The lowest BCUT2D eigenvalue weighted by atomic mass is 10.1. The van der Waals surface area contributed by atoms with Crippen LogP contribution in [0.15, 0.2) is 12.3 Å². The lowest BCUT2D eigenvalue weighted by Gasteiger charge is -2.14. The fraction of sp³-hybridized carbons (Fsp3) is 0.444. The number of pyridine rings is 1. The molecule has 0 spiro atoms. The highest BCUT2D eigenvalue weighted by Crippen LogP contribution is 2.30. The third kappa shape index (κ3) is 2.53. The van der Waals surface area contributed by atoms with Crippen molar-refractivity contribution in [3.05, 3.63) is 17.8 Å². The molecule has 84 valence electrons. The molecule has 1 aromatic heterocycles. The van der Waals surface area contributed by atoms with E-state index in [-0.39, 0.29) is 17.2 Å². The van der Waals surface area contributed by atoms with E-state index < -0.39 is 12.5 Å². The van der Waals surface area contributed by atoms with Gasteiger partial charge in [-0.2, -0.15) is 0 Å². The molecule has 0 saturated carbocycles. The molecule has 0 amide bonds. The Labute approximate surface area is 85.5 Å². The van der Waals surface area contributed by atoms with E-state index in [1.165, 1.54) is 26.5 Å². The monoisotopic (exact) mass is 219 g/mol. The number of nitrogens with zero attached hydrogens (tertiary/aromatic N) is 1. The van der Waals surface area contributed by atoms with Gasteiger partial charge in [-0.25, -0.2) is 13.8 Å². The standard InChI is InChI=1S/C9H11F2NO3/c1-14-6-4-12-7(15-2)3-5(6)8(13)9(10)11/h3-4,8-9,13H,1-2H3. The van der Waals surface area contributed by atoms with Crippen molar-refractivity contribution in [1.29, 1.82) is 0 Å². The van der Waals surface area contributed by atoms with Gasteiger partial charge >= 0.3 is 0 Å². The van der Waals surface area contributed by atoms with Gasteiger partial charge in [0, 0.05) is 11.6 Å². The number of alkyl halides is 2. The Hall–Kier alpha value is -1.43. The number of aliphatic hydroxyl groups excluding tert-OH is 1. The van der Waals surface area contributed by atoms with E-state index in [1.54, 1.807) is 0 Å². The molecule has 0 aliphatic rings. The van der Waals surface area contributed by atoms with Gasteiger partial charge in [-0.3, -0.25) is 0 Å². The zero-order chi connectivity index (χ0) is 11.4. The quantitative estimate of drug-likeness (QED) is 0.831. The molecule has 0 saturated heterocycles. The van der Waals surface area contributed by atoms with Crippen molar-refractivity contribution in [2.75, 3.05) is 14.2 Å². The average molecular weight is 219 g/mol. The first-order valence-electron chi connectivity index (χ1n) is 4.14. The number of hydrogen-bond acceptors (Lipinski definition) is 4. The third-order valence-corrected chi connectivity index (χ3v) is 1.86. The fourth-order valence-corrected chi connectivity index (χ4v) is 1.09. The summed E-state index contributed by atoms with van der Waals surface area (Å²) in [6.07, 6.45) is -3.57. The minimum absolute atomic E-state index is 0.0423. The highest BCUT2D eigenvalue weighted by molar-refractivity contribution is 5.36. The summed E-state index contributed by atoms with van der Waals surface area (Å²) in [6, 6.07) is 1.22. The summed E-state index contributed by atoms with van der Waals surface area (Å²) in [5.41, 5.74) is -0.0423. The second kappa shape index (κ2) is 4.88. The normalized spacial score (nSPS) is 12.7. The molecule has 15 heavy (non-hydrogen) atoms. The number of rotatable bonds is 4. The van der Waals surface area contributed by atoms with Gasteiger partial charge in [-0.1, -0.05) is 0 Å². The molecule has 1 rings (SSSR count). The number of aromatic nitrogens is 1. The molecule has 1 aromatic rings. The van der Waals surface area contributed by atoms with Crippen molar-refractivity contribution in [3.63, 3.8) is 0 Å². The molecule has 1 N–H and O–H groups in total. The molecule has 1 heterocycles. The number of methoxy groups -OCH3 is 2. The van der Waals surface area contributed by atoms with Crippen molar-refractivity contribution in [2.24, 2.45) is 0 Å². The van der Waals surface area contributed by atoms with Gasteiger partial charge in [0.05, 0.1) is 20.4 Å². The Morgan fingerprint density at radius 1 is 1.33 bits per heavy atom. The predicted octanol–water partition coefficient (Wildman–Crippen LogP) is 1.40. The Morgan fingerprint density at radius 3 is 2.47 bits per heavy atom. The molecule has 4 nitrogen and oxygen atoms in total. The van der Waals surface area contributed by atoms with Crippen LogP contribution in [0.4, 0.5) is 8.78 Å². The van der Waals surface area contributed by atoms with Crippen molar-refractivity contribution in [1.82, 2.24) is 4.98 Å². The Morgan fingerprint density at radius 2 is 2.00 bits per heavy atom. The van der Waals surface area contributed by atoms with E-state index >= 15 is 0 Å². The van der Waals surface area contributed by atoms with Crippen LogP contribution in [-0.2, 0) is 0 Å². The Balaban J connectivity index is 3.11. The lowest BCUT2D eigenvalue weighted by Crippen LogP contribution is -2.10. The minimum atomic E-state index is -2.88. The molecule has 0 aliphatic heterocycles. The number of ether oxygens (including phenoxy) is 2. The van der Waals surface area contributed by atoms with E-state index in [0.29, 0.717) is 0 Å². The van der Waals surface area contributed by atoms with Crippen LogP contribution >= 0.6 is 0 Å². The summed E-state index contributed by atoms with van der Waals surface area (Å²) in [5, 5.41) is 9.22. The zero-order valence-corrected chi connectivity index (χ0v) is 8.28. The van der Waals surface area contributed by atoms with E-state index in [4.69, 9.17) is 9.47 Å². The minimum Gasteiger partial charge on any atom is -0.495 e. The SMILES string of the molecule is COc1cc(C(O)C(F)F)c(OC)cn1. The molecular weight excluding hydrogens is 208 g/mol. The summed E-state index contributed by atoms with van der Waals surface area (Å²) >= 11 is 0. The van der Waals surface area contributed by atoms with Gasteiger partial charge < -0.3 is 14.6 Å². The first kappa shape index (κ1) is 11.6. The maximum atomic E-state index is 12.3. The molecule has 0 aromatic carbocycles. The summed E-state index contributed by atoms with van der Waals surface area (Å²) in [4.78, 5) is 3.77. The molecule has 0 fully saturated rings. The molecule has 1 atom stereocenters. The summed E-state index contributed by atoms with van der Waals surface area (Å²) < 4.78 is 34.2. The van der Waals surface area contributed by atoms with Crippen LogP contribution in [0.2, 0.25) is 0 Å². The first-order chi connectivity index (χ1) is 7.10. The molecule has 6 heteroatoms. The van der Waals surface area contributed by atoms with Gasteiger partial charge in [-0.05, 0) is 0 Å². The van der Waals surface area contributed by atoms with Gasteiger partial charge in [-0.15, -0.1) is 0 Å². The van der Waals surface area contributed by atoms with Gasteiger partial charge in [0.15, 0.2) is 0 Å². The first-order valence-corrected chi connectivity index (χ1v) is 4.14. The molecule has 0 bridgehead atoms. The molecule has 0 radical (unpaired) electrons. The van der Waals surface area contributed by atoms with Crippen molar-refractivity contribution in [3.8, 4) is 11.6 Å². The van der Waals surface area contributed by atoms with E-state index in [0.717, 1.165) is 0 Å². The van der Waals surface area contributed by atoms with Crippen LogP contribution in [0.25, 0.3) is 0 Å². The molecule has 0 aliphatic carbocycles. The van der Waals surface area contributed by atoms with Crippen LogP contribution in [0.3, 0.4) is 0 Å². The number of hydrogen-bond donors (Lipinski definition) is 1. The van der Waals surface area contributed by atoms with Crippen molar-refractivity contribution < 1.29 is 23.4 Å².